The fraction of sp³-hybridized carbons (Fsp3) is 0.240. The number of benzene rings is 2. The van der Waals surface area contributed by atoms with E-state index in [4.69, 9.17) is 4.74 Å². The zero-order valence-corrected chi connectivity index (χ0v) is 19.3. The van der Waals surface area contributed by atoms with Gasteiger partial charge in [-0.2, -0.15) is 8.78 Å². The van der Waals surface area contributed by atoms with Crippen LogP contribution in [0.15, 0.2) is 71.8 Å². The summed E-state index contributed by atoms with van der Waals surface area (Å²) in [6.45, 7) is -1.30. The number of nitrogens with zero attached hydrogens (tertiary/aromatic N) is 2. The number of hydrogen-bond acceptors (Lipinski definition) is 5. The Kier molecular flexibility index (Phi) is 5.22. The average molecular weight is 485 g/mol. The maximum absolute atomic E-state index is 13.0. The third-order valence-corrected chi connectivity index (χ3v) is 7.35. The second kappa shape index (κ2) is 7.89. The van der Waals surface area contributed by atoms with Crippen LogP contribution in [0.4, 0.5) is 8.78 Å². The van der Waals surface area contributed by atoms with E-state index in [-0.39, 0.29) is 17.1 Å². The second-order valence-electron chi connectivity index (χ2n) is 8.74. The molecule has 2 unspecified atom stereocenters. The van der Waals surface area contributed by atoms with Crippen molar-refractivity contribution in [3.63, 3.8) is 0 Å². The SMILES string of the molecule is CC1(O)CC(c2ccccc2OC(F)F)c2c1nc1ccc(-c3ccc(S(C)(=O)=O)cc3)cn21. The van der Waals surface area contributed by atoms with Gasteiger partial charge in [0.2, 0.25) is 0 Å². The molecule has 2 heterocycles. The lowest BCUT2D eigenvalue weighted by molar-refractivity contribution is -0.0506. The Morgan fingerprint density at radius 3 is 2.44 bits per heavy atom. The number of halogens is 2. The molecule has 176 valence electrons. The van der Waals surface area contributed by atoms with E-state index < -0.39 is 28.0 Å². The number of hydrogen-bond donors (Lipinski definition) is 1. The molecule has 1 aliphatic rings. The fourth-order valence-corrected chi connectivity index (χ4v) is 5.31. The molecule has 0 fully saturated rings. The number of rotatable bonds is 5. The molecular weight excluding hydrogens is 462 g/mol. The number of pyridine rings is 1. The molecule has 0 amide bonds. The van der Waals surface area contributed by atoms with Crippen LogP contribution in [-0.4, -0.2) is 35.8 Å². The summed E-state index contributed by atoms with van der Waals surface area (Å²) in [5, 5.41) is 11.1. The van der Waals surface area contributed by atoms with Crippen LogP contribution < -0.4 is 4.74 Å². The standard InChI is InChI=1S/C25H22F2N2O4S/c1-25(30)13-19(18-5-3-4-6-20(18)33-24(26)27)22-23(25)28-21-12-9-16(14-29(21)22)15-7-10-17(11-8-15)34(2,31)32/h3-12,14,19,24,30H,13H2,1-2H3. The summed E-state index contributed by atoms with van der Waals surface area (Å²) in [5.41, 5.74) is 2.73. The van der Waals surface area contributed by atoms with E-state index in [1.54, 1.807) is 49.4 Å². The van der Waals surface area contributed by atoms with Gasteiger partial charge in [0, 0.05) is 23.9 Å². The number of alkyl halides is 2. The normalized spacial score (nSPS) is 20.1. The summed E-state index contributed by atoms with van der Waals surface area (Å²) in [6, 6.07) is 16.8. The van der Waals surface area contributed by atoms with Crippen LogP contribution in [0, 0.1) is 0 Å². The lowest BCUT2D eigenvalue weighted by Gasteiger charge is -2.20. The van der Waals surface area contributed by atoms with E-state index in [2.05, 4.69) is 4.98 Å². The van der Waals surface area contributed by atoms with Crippen molar-refractivity contribution < 1.29 is 27.0 Å². The quantitative estimate of drug-likeness (QED) is 0.442. The molecule has 0 bridgehead atoms. The highest BCUT2D eigenvalue weighted by molar-refractivity contribution is 7.90. The van der Waals surface area contributed by atoms with Gasteiger partial charge in [-0.05, 0) is 54.8 Å². The molecular formula is C25H22F2N2O4S. The molecule has 2 aromatic heterocycles. The average Bonchev–Trinajstić information content (AvgIpc) is 3.28. The van der Waals surface area contributed by atoms with E-state index >= 15 is 0 Å². The van der Waals surface area contributed by atoms with Crippen molar-refractivity contribution in [1.29, 1.82) is 0 Å². The largest absolute Gasteiger partial charge is 0.435 e. The summed E-state index contributed by atoms with van der Waals surface area (Å²) in [4.78, 5) is 4.87. The van der Waals surface area contributed by atoms with Crippen LogP contribution >= 0.6 is 0 Å². The minimum absolute atomic E-state index is 0.0635. The van der Waals surface area contributed by atoms with Crippen LogP contribution in [0.2, 0.25) is 0 Å². The second-order valence-corrected chi connectivity index (χ2v) is 10.8. The van der Waals surface area contributed by atoms with Crippen molar-refractivity contribution in [1.82, 2.24) is 9.38 Å². The fourth-order valence-electron chi connectivity index (χ4n) is 4.68. The number of fused-ring (bicyclic) bond motifs is 3. The number of ether oxygens (including phenoxy) is 1. The zero-order valence-electron chi connectivity index (χ0n) is 18.4. The number of imidazole rings is 1. The molecule has 2 aromatic carbocycles. The highest BCUT2D eigenvalue weighted by atomic mass is 32.2. The van der Waals surface area contributed by atoms with E-state index in [1.165, 1.54) is 6.07 Å². The van der Waals surface area contributed by atoms with E-state index in [9.17, 15) is 22.3 Å². The highest BCUT2D eigenvalue weighted by Gasteiger charge is 2.44. The lowest BCUT2D eigenvalue weighted by atomic mass is 9.93. The van der Waals surface area contributed by atoms with Gasteiger partial charge in [-0.1, -0.05) is 30.3 Å². The Morgan fingerprint density at radius 2 is 1.76 bits per heavy atom. The van der Waals surface area contributed by atoms with Gasteiger partial charge in [0.15, 0.2) is 9.84 Å². The Hall–Kier alpha value is -3.30. The lowest BCUT2D eigenvalue weighted by Crippen LogP contribution is -2.18. The summed E-state index contributed by atoms with van der Waals surface area (Å²) in [5.74, 6) is -0.355. The topological polar surface area (TPSA) is 80.9 Å². The summed E-state index contributed by atoms with van der Waals surface area (Å²) < 4.78 is 56.3. The number of para-hydroxylation sites is 1. The van der Waals surface area contributed by atoms with Crippen molar-refractivity contribution >= 4 is 15.5 Å². The van der Waals surface area contributed by atoms with Gasteiger partial charge in [-0.3, -0.25) is 0 Å². The van der Waals surface area contributed by atoms with E-state index in [0.717, 1.165) is 17.4 Å². The first kappa shape index (κ1) is 22.5. The van der Waals surface area contributed by atoms with Gasteiger partial charge in [0.1, 0.15) is 17.0 Å². The number of aromatic nitrogens is 2. The third kappa shape index (κ3) is 3.84. The molecule has 0 saturated heterocycles. The molecule has 2 atom stereocenters. The Balaban J connectivity index is 1.65. The molecule has 5 rings (SSSR count). The molecule has 4 aromatic rings. The van der Waals surface area contributed by atoms with Crippen molar-refractivity contribution in [2.75, 3.05) is 6.26 Å². The third-order valence-electron chi connectivity index (χ3n) is 6.22. The van der Waals surface area contributed by atoms with Gasteiger partial charge < -0.3 is 14.2 Å². The molecule has 34 heavy (non-hydrogen) atoms. The predicted octanol–water partition coefficient (Wildman–Crippen LogP) is 4.75. The summed E-state index contributed by atoms with van der Waals surface area (Å²) in [6.07, 6.45) is 3.29. The zero-order chi connectivity index (χ0) is 24.3. The van der Waals surface area contributed by atoms with Crippen LogP contribution in [0.25, 0.3) is 16.8 Å². The molecule has 0 saturated carbocycles. The molecule has 6 nitrogen and oxygen atoms in total. The Labute approximate surface area is 195 Å². The van der Waals surface area contributed by atoms with Gasteiger partial charge >= 0.3 is 6.61 Å². The van der Waals surface area contributed by atoms with Gasteiger partial charge in [-0.25, -0.2) is 13.4 Å². The van der Waals surface area contributed by atoms with E-state index in [1.807, 2.05) is 22.7 Å². The van der Waals surface area contributed by atoms with Crippen LogP contribution in [0.1, 0.15) is 36.2 Å². The first-order valence-electron chi connectivity index (χ1n) is 10.6. The van der Waals surface area contributed by atoms with Crippen molar-refractivity contribution in [3.8, 4) is 16.9 Å². The van der Waals surface area contributed by atoms with E-state index in [0.29, 0.717) is 22.6 Å². The molecule has 1 aliphatic carbocycles. The van der Waals surface area contributed by atoms with Gasteiger partial charge in [0.25, 0.3) is 0 Å². The van der Waals surface area contributed by atoms with Gasteiger partial charge in [0.05, 0.1) is 16.3 Å². The van der Waals surface area contributed by atoms with Crippen molar-refractivity contribution in [3.05, 3.63) is 83.8 Å². The summed E-state index contributed by atoms with van der Waals surface area (Å²) in [7, 11) is -3.31. The number of sulfone groups is 1. The Bertz CT molecular complexity index is 1500. The smallest absolute Gasteiger partial charge is 0.387 e. The van der Waals surface area contributed by atoms with Crippen LogP contribution in [-0.2, 0) is 15.4 Å². The number of aliphatic hydroxyl groups is 1. The molecule has 0 radical (unpaired) electrons. The van der Waals surface area contributed by atoms with Crippen LogP contribution in [0.3, 0.4) is 0 Å². The first-order valence-corrected chi connectivity index (χ1v) is 12.5. The highest BCUT2D eigenvalue weighted by Crippen LogP contribution is 2.49. The maximum Gasteiger partial charge on any atom is 0.387 e. The van der Waals surface area contributed by atoms with Crippen molar-refractivity contribution in [2.45, 2.75) is 36.4 Å². The molecule has 0 spiro atoms. The maximum atomic E-state index is 13.0. The molecule has 9 heteroatoms. The molecule has 1 N–H and O–H groups in total. The summed E-state index contributed by atoms with van der Waals surface area (Å²) >= 11 is 0. The first-order chi connectivity index (χ1) is 16.0. The monoisotopic (exact) mass is 484 g/mol. The molecule has 0 aliphatic heterocycles. The minimum Gasteiger partial charge on any atom is -0.435 e. The minimum atomic E-state index is -3.31. The van der Waals surface area contributed by atoms with Gasteiger partial charge in [-0.15, -0.1) is 0 Å². The van der Waals surface area contributed by atoms with Crippen LogP contribution in [0.5, 0.6) is 5.75 Å². The predicted molar refractivity (Wildman–Crippen MR) is 123 cm³/mol. The van der Waals surface area contributed by atoms with Crippen molar-refractivity contribution in [2.24, 2.45) is 0 Å². The Morgan fingerprint density at radius 1 is 1.09 bits per heavy atom.